The normalized spacial score (nSPS) is 19.0. The molecule has 0 spiro atoms. The molecule has 0 saturated heterocycles. The molecule has 0 saturated carbocycles. The Balaban J connectivity index is 1.23. The third-order valence-electron chi connectivity index (χ3n) is 7.51. The second kappa shape index (κ2) is 10.9. The van der Waals surface area contributed by atoms with Gasteiger partial charge >= 0.3 is 0 Å². The van der Waals surface area contributed by atoms with Gasteiger partial charge in [0.05, 0.1) is 28.6 Å². The van der Waals surface area contributed by atoms with Gasteiger partial charge in [0, 0.05) is 49.6 Å². The van der Waals surface area contributed by atoms with Gasteiger partial charge in [-0.05, 0) is 44.7 Å². The first-order chi connectivity index (χ1) is 19.7. The highest BCUT2D eigenvalue weighted by molar-refractivity contribution is 7.91. The fourth-order valence-electron chi connectivity index (χ4n) is 5.01. The summed E-state index contributed by atoms with van der Waals surface area (Å²) in [5.74, 6) is 0.389. The van der Waals surface area contributed by atoms with Gasteiger partial charge in [0.25, 0.3) is 10.0 Å². The molecule has 11 nitrogen and oxygen atoms in total. The van der Waals surface area contributed by atoms with Crippen LogP contribution in [0.5, 0.6) is 5.75 Å². The molecule has 2 aliphatic rings. The summed E-state index contributed by atoms with van der Waals surface area (Å²) in [5, 5.41) is 11.3. The van der Waals surface area contributed by atoms with E-state index in [1.54, 1.807) is 23.0 Å². The molecule has 1 N–H and O–H groups in total. The molecule has 4 aromatic rings. The quantitative estimate of drug-likeness (QED) is 0.330. The summed E-state index contributed by atoms with van der Waals surface area (Å²) in [5.41, 5.74) is 3.29. The van der Waals surface area contributed by atoms with Crippen molar-refractivity contribution in [2.24, 2.45) is 0 Å². The molecular weight excluding hydrogens is 562 g/mol. The highest BCUT2D eigenvalue weighted by atomic mass is 32.2. The number of benzene rings is 2. The molecule has 4 heterocycles. The number of fused-ring (bicyclic) bond motifs is 2. The molecule has 2 atom stereocenters. The van der Waals surface area contributed by atoms with Gasteiger partial charge in [0.15, 0.2) is 0 Å². The lowest BCUT2D eigenvalue weighted by Gasteiger charge is -2.30. The Morgan fingerprint density at radius 2 is 2.05 bits per heavy atom. The van der Waals surface area contributed by atoms with Crippen molar-refractivity contribution in [1.82, 2.24) is 34.5 Å². The zero-order chi connectivity index (χ0) is 28.7. The Morgan fingerprint density at radius 1 is 1.22 bits per heavy atom. The highest BCUT2D eigenvalue weighted by Gasteiger charge is 2.38. The summed E-state index contributed by atoms with van der Waals surface area (Å²) >= 11 is 1.08. The number of aromatic nitrogens is 4. The SMILES string of the molecule is CC(C)N(C)Cc1ccc2c(c1)OCCC2n1cc(CC2C(=O)NC=CN2S(=O)(=O)c2nc3ccccc3s2)nn1. The predicted octanol–water partition coefficient (Wildman–Crippen LogP) is 3.30. The molecule has 2 unspecified atom stereocenters. The van der Waals surface area contributed by atoms with Crippen LogP contribution in [0.4, 0.5) is 0 Å². The maximum atomic E-state index is 13.6. The topological polar surface area (TPSA) is 123 Å². The lowest BCUT2D eigenvalue weighted by Crippen LogP contribution is -2.50. The molecule has 41 heavy (non-hydrogen) atoms. The van der Waals surface area contributed by atoms with Gasteiger partial charge in [0.2, 0.25) is 10.2 Å². The molecule has 2 aromatic heterocycles. The number of amides is 1. The van der Waals surface area contributed by atoms with Gasteiger partial charge in [-0.25, -0.2) is 9.67 Å². The summed E-state index contributed by atoms with van der Waals surface area (Å²) < 4.78 is 36.8. The summed E-state index contributed by atoms with van der Waals surface area (Å²) in [7, 11) is -1.98. The Bertz CT molecular complexity index is 1700. The minimum absolute atomic E-state index is 0.0524. The van der Waals surface area contributed by atoms with Crippen LogP contribution >= 0.6 is 11.3 Å². The maximum absolute atomic E-state index is 13.6. The average molecular weight is 594 g/mol. The molecule has 0 bridgehead atoms. The monoisotopic (exact) mass is 593 g/mol. The Kier molecular flexibility index (Phi) is 7.26. The molecule has 0 fully saturated rings. The number of thiazole rings is 1. The van der Waals surface area contributed by atoms with Crippen LogP contribution in [-0.4, -0.2) is 69.2 Å². The van der Waals surface area contributed by atoms with E-state index in [2.05, 4.69) is 64.6 Å². The number of hydrogen-bond donors (Lipinski definition) is 1. The number of carbonyl (C=O) groups excluding carboxylic acids is 1. The van der Waals surface area contributed by atoms with E-state index >= 15 is 0 Å². The smallest absolute Gasteiger partial charge is 0.292 e. The standard InChI is InChI=1S/C28H31N7O4S2/c1-18(2)33(3)16-19-8-9-21-23(10-13-39-25(21)14-19)34-17-20(31-32-34)15-24-27(36)29-11-12-35(24)41(37,38)28-30-22-6-4-5-7-26(22)40-28/h4-9,11-12,14,17-18,23-24H,10,13,15-16H2,1-3H3,(H,29,36). The van der Waals surface area contributed by atoms with Crippen molar-refractivity contribution < 1.29 is 17.9 Å². The van der Waals surface area contributed by atoms with E-state index in [0.29, 0.717) is 30.3 Å². The maximum Gasteiger partial charge on any atom is 0.292 e. The molecule has 1 amide bonds. The van der Waals surface area contributed by atoms with Crippen LogP contribution in [0, 0.1) is 0 Å². The van der Waals surface area contributed by atoms with Crippen molar-refractivity contribution >= 4 is 37.5 Å². The van der Waals surface area contributed by atoms with Crippen LogP contribution in [0.3, 0.4) is 0 Å². The van der Waals surface area contributed by atoms with Crippen molar-refractivity contribution in [3.8, 4) is 5.75 Å². The molecule has 13 heteroatoms. The summed E-state index contributed by atoms with van der Waals surface area (Å²) in [6.07, 6.45) is 5.24. The zero-order valence-electron chi connectivity index (χ0n) is 23.0. The molecule has 0 aliphatic carbocycles. The second-order valence-corrected chi connectivity index (χ2v) is 13.6. The highest BCUT2D eigenvalue weighted by Crippen LogP contribution is 2.36. The number of nitrogens with one attached hydrogen (secondary N) is 1. The van der Waals surface area contributed by atoms with Gasteiger partial charge < -0.3 is 10.1 Å². The van der Waals surface area contributed by atoms with Crippen LogP contribution in [0.2, 0.25) is 0 Å². The average Bonchev–Trinajstić information content (AvgIpc) is 3.61. The lowest BCUT2D eigenvalue weighted by molar-refractivity contribution is -0.124. The number of ether oxygens (including phenoxy) is 1. The number of hydrogen-bond acceptors (Lipinski definition) is 9. The Morgan fingerprint density at radius 3 is 2.85 bits per heavy atom. The minimum Gasteiger partial charge on any atom is -0.493 e. The van der Waals surface area contributed by atoms with Gasteiger partial charge in [0.1, 0.15) is 11.8 Å². The van der Waals surface area contributed by atoms with E-state index in [1.807, 2.05) is 12.1 Å². The Labute approximate surface area is 242 Å². The van der Waals surface area contributed by atoms with Gasteiger partial charge in [-0.3, -0.25) is 14.0 Å². The molecular formula is C28H31N7O4S2. The number of rotatable bonds is 8. The molecule has 6 rings (SSSR count). The lowest BCUT2D eigenvalue weighted by atomic mass is 9.98. The van der Waals surface area contributed by atoms with Crippen LogP contribution in [-0.2, 0) is 27.8 Å². The van der Waals surface area contributed by atoms with E-state index in [4.69, 9.17) is 4.74 Å². The number of para-hydroxylation sites is 1. The minimum atomic E-state index is -4.08. The zero-order valence-corrected chi connectivity index (χ0v) is 24.6. The summed E-state index contributed by atoms with van der Waals surface area (Å²) in [6.45, 7) is 5.69. The van der Waals surface area contributed by atoms with Gasteiger partial charge in [-0.1, -0.05) is 29.5 Å². The molecule has 2 aliphatic heterocycles. The van der Waals surface area contributed by atoms with Crippen molar-refractivity contribution in [1.29, 1.82) is 0 Å². The number of sulfonamides is 1. The van der Waals surface area contributed by atoms with E-state index < -0.39 is 22.0 Å². The van der Waals surface area contributed by atoms with E-state index in [9.17, 15) is 13.2 Å². The third-order valence-corrected chi connectivity index (χ3v) is 10.7. The number of nitrogens with zero attached hydrogens (tertiary/aromatic N) is 6. The first-order valence-electron chi connectivity index (χ1n) is 13.4. The van der Waals surface area contributed by atoms with Crippen molar-refractivity contribution in [3.63, 3.8) is 0 Å². The van der Waals surface area contributed by atoms with Crippen molar-refractivity contribution in [2.75, 3.05) is 13.7 Å². The first kappa shape index (κ1) is 27.4. The Hall–Kier alpha value is -3.81. The molecule has 2 aromatic carbocycles. The summed E-state index contributed by atoms with van der Waals surface area (Å²) in [4.78, 5) is 19.5. The molecule has 214 valence electrons. The van der Waals surface area contributed by atoms with Crippen molar-refractivity contribution in [3.05, 3.63) is 77.9 Å². The van der Waals surface area contributed by atoms with Gasteiger partial charge in [-0.15, -0.1) is 16.4 Å². The van der Waals surface area contributed by atoms with Crippen LogP contribution in [0.25, 0.3) is 10.2 Å². The second-order valence-electron chi connectivity index (χ2n) is 10.6. The van der Waals surface area contributed by atoms with Crippen molar-refractivity contribution in [2.45, 2.75) is 55.7 Å². The van der Waals surface area contributed by atoms with Gasteiger partial charge in [-0.2, -0.15) is 8.42 Å². The van der Waals surface area contributed by atoms with E-state index in [1.165, 1.54) is 18.0 Å². The van der Waals surface area contributed by atoms with Crippen LogP contribution in [0.1, 0.15) is 43.1 Å². The van der Waals surface area contributed by atoms with Crippen LogP contribution in [0.15, 0.2) is 65.4 Å². The largest absolute Gasteiger partial charge is 0.493 e. The van der Waals surface area contributed by atoms with Crippen LogP contribution < -0.4 is 10.1 Å². The third kappa shape index (κ3) is 5.32. The summed E-state index contributed by atoms with van der Waals surface area (Å²) in [6, 6.07) is 12.8. The fourth-order valence-corrected chi connectivity index (χ4v) is 7.77. The molecule has 0 radical (unpaired) electrons. The first-order valence-corrected chi connectivity index (χ1v) is 15.7. The number of carbonyl (C=O) groups is 1. The van der Waals surface area contributed by atoms with E-state index in [-0.39, 0.29) is 16.8 Å². The fraction of sp³-hybridized carbons (Fsp3) is 0.357. The predicted molar refractivity (Wildman–Crippen MR) is 155 cm³/mol. The van der Waals surface area contributed by atoms with E-state index in [0.717, 1.165) is 38.2 Å².